The van der Waals surface area contributed by atoms with Crippen molar-refractivity contribution in [3.8, 4) is 17.2 Å². The van der Waals surface area contributed by atoms with Gasteiger partial charge in [-0.1, -0.05) is 0 Å². The molecular formula is C24H27NO7. The van der Waals surface area contributed by atoms with Crippen molar-refractivity contribution in [2.75, 3.05) is 41.6 Å². The molecule has 1 atom stereocenters. The van der Waals surface area contributed by atoms with E-state index in [-0.39, 0.29) is 17.9 Å². The Labute approximate surface area is 187 Å². The number of Topliss-reactive ketones (excluding diaryl/α,β-unsaturated/α-hetero) is 1. The largest absolute Gasteiger partial charge is 0.507 e. The summed E-state index contributed by atoms with van der Waals surface area (Å²) in [5.74, 6) is -0.0642. The predicted molar refractivity (Wildman–Crippen MR) is 118 cm³/mol. The number of aliphatic hydroxyl groups excluding tert-OH is 1. The number of benzene rings is 2. The average molecular weight is 441 g/mol. The molecule has 0 saturated carbocycles. The zero-order valence-corrected chi connectivity index (χ0v) is 18.6. The Balaban J connectivity index is 2.16. The number of ether oxygens (including phenoxy) is 4. The molecule has 1 amide bonds. The molecule has 0 bridgehead atoms. The Morgan fingerprint density at radius 3 is 2.03 bits per heavy atom. The molecule has 0 spiro atoms. The van der Waals surface area contributed by atoms with E-state index >= 15 is 0 Å². The number of likely N-dealkylation sites (tertiary alicyclic amines) is 1. The van der Waals surface area contributed by atoms with E-state index in [1.54, 1.807) is 49.6 Å². The number of methoxy groups -OCH3 is 4. The Hall–Kier alpha value is -3.52. The smallest absolute Gasteiger partial charge is 0.295 e. The van der Waals surface area contributed by atoms with Gasteiger partial charge in [-0.2, -0.15) is 0 Å². The summed E-state index contributed by atoms with van der Waals surface area (Å²) in [6.07, 6.45) is 0.531. The van der Waals surface area contributed by atoms with Crippen LogP contribution in [0.3, 0.4) is 0 Å². The standard InChI is InChI=1S/C24H27NO7/c1-29-11-5-10-25-21(16-12-18(31-3)14-19(13-16)32-4)20(23(27)24(25)28)22(26)15-6-8-17(30-2)9-7-15/h6-9,12-14,21,26H,5,10-11H2,1-4H3/b22-20+. The highest BCUT2D eigenvalue weighted by atomic mass is 16.5. The van der Waals surface area contributed by atoms with Crippen molar-refractivity contribution in [2.45, 2.75) is 12.5 Å². The Morgan fingerprint density at radius 2 is 1.50 bits per heavy atom. The van der Waals surface area contributed by atoms with Gasteiger partial charge in [-0.3, -0.25) is 9.59 Å². The molecule has 1 saturated heterocycles. The van der Waals surface area contributed by atoms with Gasteiger partial charge in [0.1, 0.15) is 23.0 Å². The molecule has 1 heterocycles. The van der Waals surface area contributed by atoms with Crippen molar-refractivity contribution in [3.05, 3.63) is 59.2 Å². The quantitative estimate of drug-likeness (QED) is 0.276. The second-order valence-corrected chi connectivity index (χ2v) is 7.21. The van der Waals surface area contributed by atoms with Crippen LogP contribution in [0.2, 0.25) is 0 Å². The molecule has 0 radical (unpaired) electrons. The van der Waals surface area contributed by atoms with E-state index in [4.69, 9.17) is 18.9 Å². The minimum Gasteiger partial charge on any atom is -0.507 e. The summed E-state index contributed by atoms with van der Waals surface area (Å²) in [6.45, 7) is 0.706. The molecule has 170 valence electrons. The van der Waals surface area contributed by atoms with E-state index < -0.39 is 17.7 Å². The number of nitrogens with zero attached hydrogens (tertiary/aromatic N) is 1. The number of hydrogen-bond acceptors (Lipinski definition) is 7. The average Bonchev–Trinajstić information content (AvgIpc) is 3.08. The molecule has 1 unspecified atom stereocenters. The lowest BCUT2D eigenvalue weighted by Crippen LogP contribution is -2.31. The molecule has 3 rings (SSSR count). The normalized spacial score (nSPS) is 17.5. The first kappa shape index (κ1) is 23.1. The van der Waals surface area contributed by atoms with Crippen molar-refractivity contribution in [1.29, 1.82) is 0 Å². The van der Waals surface area contributed by atoms with Gasteiger partial charge < -0.3 is 29.0 Å². The van der Waals surface area contributed by atoms with Gasteiger partial charge in [0.25, 0.3) is 11.7 Å². The molecule has 2 aromatic rings. The predicted octanol–water partition coefficient (Wildman–Crippen LogP) is 3.17. The Bertz CT molecular complexity index is 991. The first-order chi connectivity index (χ1) is 15.4. The van der Waals surface area contributed by atoms with Gasteiger partial charge in [0.05, 0.1) is 32.9 Å². The Kier molecular flexibility index (Phi) is 7.37. The summed E-state index contributed by atoms with van der Waals surface area (Å²) in [5.41, 5.74) is 1.00. The van der Waals surface area contributed by atoms with Gasteiger partial charge in [-0.05, 0) is 48.4 Å². The third kappa shape index (κ3) is 4.55. The van der Waals surface area contributed by atoms with Crippen LogP contribution in [0.4, 0.5) is 0 Å². The summed E-state index contributed by atoms with van der Waals surface area (Å²) in [5, 5.41) is 11.1. The zero-order valence-electron chi connectivity index (χ0n) is 18.6. The topological polar surface area (TPSA) is 94.5 Å². The number of amides is 1. The number of hydrogen-bond donors (Lipinski definition) is 1. The van der Waals surface area contributed by atoms with E-state index in [9.17, 15) is 14.7 Å². The minimum atomic E-state index is -0.807. The lowest BCUT2D eigenvalue weighted by molar-refractivity contribution is -0.140. The lowest BCUT2D eigenvalue weighted by Gasteiger charge is -2.26. The van der Waals surface area contributed by atoms with Gasteiger partial charge >= 0.3 is 0 Å². The maximum Gasteiger partial charge on any atom is 0.295 e. The van der Waals surface area contributed by atoms with Crippen LogP contribution in [-0.2, 0) is 14.3 Å². The van der Waals surface area contributed by atoms with Gasteiger partial charge in [-0.15, -0.1) is 0 Å². The third-order valence-electron chi connectivity index (χ3n) is 5.34. The summed E-state index contributed by atoms with van der Waals surface area (Å²) >= 11 is 0. The molecule has 2 aromatic carbocycles. The number of ketones is 1. The number of aliphatic hydroxyl groups is 1. The monoisotopic (exact) mass is 441 g/mol. The fraction of sp³-hybridized carbons (Fsp3) is 0.333. The summed E-state index contributed by atoms with van der Waals surface area (Å²) < 4.78 is 21.0. The molecule has 0 aliphatic carbocycles. The van der Waals surface area contributed by atoms with Crippen LogP contribution in [-0.4, -0.2) is 63.3 Å². The summed E-state index contributed by atoms with van der Waals surface area (Å²) in [6, 6.07) is 11.0. The SMILES string of the molecule is COCCCN1C(=O)C(=O)/C(=C(/O)c2ccc(OC)cc2)C1c1cc(OC)cc(OC)c1. The first-order valence-corrected chi connectivity index (χ1v) is 10.1. The van der Waals surface area contributed by atoms with Crippen molar-refractivity contribution in [2.24, 2.45) is 0 Å². The van der Waals surface area contributed by atoms with Crippen molar-refractivity contribution < 1.29 is 33.6 Å². The maximum atomic E-state index is 13.1. The minimum absolute atomic E-state index is 0.00731. The zero-order chi connectivity index (χ0) is 23.3. The second-order valence-electron chi connectivity index (χ2n) is 7.21. The van der Waals surface area contributed by atoms with Gasteiger partial charge in [0.2, 0.25) is 0 Å². The van der Waals surface area contributed by atoms with Crippen LogP contribution in [0.5, 0.6) is 17.2 Å². The molecule has 1 N–H and O–H groups in total. The van der Waals surface area contributed by atoms with E-state index in [1.807, 2.05) is 0 Å². The van der Waals surface area contributed by atoms with Crippen LogP contribution in [0.25, 0.3) is 5.76 Å². The van der Waals surface area contributed by atoms with Gasteiger partial charge in [0.15, 0.2) is 0 Å². The van der Waals surface area contributed by atoms with Crippen LogP contribution >= 0.6 is 0 Å². The van der Waals surface area contributed by atoms with Crippen molar-refractivity contribution >= 4 is 17.4 Å². The lowest BCUT2D eigenvalue weighted by atomic mass is 9.94. The highest BCUT2D eigenvalue weighted by molar-refractivity contribution is 6.46. The molecule has 8 heteroatoms. The summed E-state index contributed by atoms with van der Waals surface area (Å²) in [4.78, 5) is 27.4. The Morgan fingerprint density at radius 1 is 0.906 bits per heavy atom. The maximum absolute atomic E-state index is 13.1. The molecule has 1 aliphatic heterocycles. The fourth-order valence-corrected chi connectivity index (χ4v) is 3.73. The van der Waals surface area contributed by atoms with E-state index in [1.165, 1.54) is 26.2 Å². The van der Waals surface area contributed by atoms with Crippen LogP contribution < -0.4 is 14.2 Å². The van der Waals surface area contributed by atoms with Crippen LogP contribution in [0, 0.1) is 0 Å². The second kappa shape index (κ2) is 10.2. The van der Waals surface area contributed by atoms with E-state index in [0.29, 0.717) is 41.4 Å². The van der Waals surface area contributed by atoms with Gasteiger partial charge in [0, 0.05) is 31.9 Å². The molecule has 1 aliphatic rings. The molecular weight excluding hydrogens is 414 g/mol. The van der Waals surface area contributed by atoms with Crippen LogP contribution in [0.15, 0.2) is 48.0 Å². The van der Waals surface area contributed by atoms with Crippen molar-refractivity contribution in [3.63, 3.8) is 0 Å². The third-order valence-corrected chi connectivity index (χ3v) is 5.34. The number of carbonyl (C=O) groups is 2. The van der Waals surface area contributed by atoms with Crippen molar-refractivity contribution in [1.82, 2.24) is 4.90 Å². The molecule has 8 nitrogen and oxygen atoms in total. The van der Waals surface area contributed by atoms with Gasteiger partial charge in [-0.25, -0.2) is 0 Å². The highest BCUT2D eigenvalue weighted by Gasteiger charge is 2.46. The van der Waals surface area contributed by atoms with Crippen LogP contribution in [0.1, 0.15) is 23.6 Å². The number of rotatable bonds is 9. The number of carbonyl (C=O) groups excluding carboxylic acids is 2. The summed E-state index contributed by atoms with van der Waals surface area (Å²) in [7, 11) is 6.15. The first-order valence-electron chi connectivity index (χ1n) is 10.1. The van der Waals surface area contributed by atoms with E-state index in [2.05, 4.69) is 0 Å². The molecule has 32 heavy (non-hydrogen) atoms. The fourth-order valence-electron chi connectivity index (χ4n) is 3.73. The molecule has 0 aromatic heterocycles. The molecule has 1 fully saturated rings. The highest BCUT2D eigenvalue weighted by Crippen LogP contribution is 2.41. The van der Waals surface area contributed by atoms with E-state index in [0.717, 1.165) is 0 Å².